The van der Waals surface area contributed by atoms with Crippen molar-refractivity contribution in [3.63, 3.8) is 0 Å². The maximum absolute atomic E-state index is 5.80. The van der Waals surface area contributed by atoms with E-state index in [-0.39, 0.29) is 0 Å². The Kier molecular flexibility index (Phi) is 2.14. The molecule has 2 unspecified atom stereocenters. The molecule has 3 rings (SSSR count). The molecule has 2 atom stereocenters. The highest BCUT2D eigenvalue weighted by Gasteiger charge is 2.33. The highest BCUT2D eigenvalue weighted by molar-refractivity contribution is 5.56. The van der Waals surface area contributed by atoms with E-state index in [1.165, 1.54) is 11.1 Å². The normalized spacial score (nSPS) is 31.9. The summed E-state index contributed by atoms with van der Waals surface area (Å²) < 4.78 is 5.80. The molecule has 0 spiro atoms. The molecule has 3 aliphatic rings. The quantitative estimate of drug-likeness (QED) is 0.665. The SMILES string of the molecule is CCOC1CC2=CC=CC3CC=CC1=C23. The molecule has 0 aromatic rings. The monoisotopic (exact) mass is 200 g/mol. The number of allylic oxidation sites excluding steroid dienone is 5. The number of hydrogen-bond acceptors (Lipinski definition) is 1. The molecule has 0 aromatic heterocycles. The molecule has 0 fully saturated rings. The second kappa shape index (κ2) is 3.49. The summed E-state index contributed by atoms with van der Waals surface area (Å²) in [4.78, 5) is 0. The minimum absolute atomic E-state index is 0.315. The van der Waals surface area contributed by atoms with Crippen molar-refractivity contribution in [3.8, 4) is 0 Å². The van der Waals surface area contributed by atoms with Crippen LogP contribution in [0.5, 0.6) is 0 Å². The third-order valence-electron chi connectivity index (χ3n) is 3.48. The number of rotatable bonds is 2. The highest BCUT2D eigenvalue weighted by atomic mass is 16.5. The first-order valence-electron chi connectivity index (χ1n) is 5.80. The average Bonchev–Trinajstić information content (AvgIpc) is 2.61. The molecule has 0 amide bonds. The highest BCUT2D eigenvalue weighted by Crippen LogP contribution is 2.44. The summed E-state index contributed by atoms with van der Waals surface area (Å²) in [6.45, 7) is 2.88. The van der Waals surface area contributed by atoms with Gasteiger partial charge in [0.05, 0.1) is 6.10 Å². The molecule has 0 saturated heterocycles. The van der Waals surface area contributed by atoms with Gasteiger partial charge in [0.1, 0.15) is 0 Å². The first kappa shape index (κ1) is 9.17. The second-order valence-electron chi connectivity index (χ2n) is 4.34. The van der Waals surface area contributed by atoms with Gasteiger partial charge in [-0.2, -0.15) is 0 Å². The zero-order valence-electron chi connectivity index (χ0n) is 9.07. The van der Waals surface area contributed by atoms with Crippen molar-refractivity contribution in [2.24, 2.45) is 5.92 Å². The second-order valence-corrected chi connectivity index (χ2v) is 4.34. The van der Waals surface area contributed by atoms with Crippen molar-refractivity contribution >= 4 is 0 Å². The zero-order chi connectivity index (χ0) is 10.3. The van der Waals surface area contributed by atoms with E-state index in [1.807, 2.05) is 0 Å². The van der Waals surface area contributed by atoms with Crippen molar-refractivity contribution in [3.05, 3.63) is 47.1 Å². The van der Waals surface area contributed by atoms with E-state index in [0.29, 0.717) is 12.0 Å². The molecule has 78 valence electrons. The molecule has 1 nitrogen and oxygen atoms in total. The maximum Gasteiger partial charge on any atom is 0.0868 e. The number of ether oxygens (including phenoxy) is 1. The van der Waals surface area contributed by atoms with E-state index in [1.54, 1.807) is 5.57 Å². The standard InChI is InChI=1S/C14H16O/c1-2-15-13-9-11-7-3-5-10-6-4-8-12(13)14(10)11/h3-5,7-8,10,13H,2,6,9H2,1H3. The summed E-state index contributed by atoms with van der Waals surface area (Å²) in [6.07, 6.45) is 13.9. The Morgan fingerprint density at radius 2 is 2.40 bits per heavy atom. The molecular weight excluding hydrogens is 184 g/mol. The van der Waals surface area contributed by atoms with Gasteiger partial charge in [-0.3, -0.25) is 0 Å². The van der Waals surface area contributed by atoms with Crippen molar-refractivity contribution in [2.75, 3.05) is 6.61 Å². The fourth-order valence-electron chi connectivity index (χ4n) is 2.88. The smallest absolute Gasteiger partial charge is 0.0868 e. The fraction of sp³-hybridized carbons (Fsp3) is 0.429. The zero-order valence-corrected chi connectivity index (χ0v) is 9.07. The van der Waals surface area contributed by atoms with Gasteiger partial charge in [-0.15, -0.1) is 0 Å². The van der Waals surface area contributed by atoms with Crippen LogP contribution in [0, 0.1) is 5.92 Å². The summed E-state index contributed by atoms with van der Waals surface area (Å²) in [6, 6.07) is 0. The molecule has 0 aliphatic heterocycles. The van der Waals surface area contributed by atoms with Crippen LogP contribution in [0.25, 0.3) is 0 Å². The molecule has 3 aliphatic carbocycles. The van der Waals surface area contributed by atoms with E-state index in [9.17, 15) is 0 Å². The Hall–Kier alpha value is -1.08. The van der Waals surface area contributed by atoms with Gasteiger partial charge < -0.3 is 4.74 Å². The number of hydrogen-bond donors (Lipinski definition) is 0. The van der Waals surface area contributed by atoms with Crippen LogP contribution in [-0.4, -0.2) is 12.7 Å². The Morgan fingerprint density at radius 1 is 1.47 bits per heavy atom. The van der Waals surface area contributed by atoms with Gasteiger partial charge in [-0.25, -0.2) is 0 Å². The maximum atomic E-state index is 5.80. The third-order valence-corrected chi connectivity index (χ3v) is 3.48. The Labute approximate surface area is 90.8 Å². The third kappa shape index (κ3) is 1.34. The van der Waals surface area contributed by atoms with E-state index in [2.05, 4.69) is 37.3 Å². The minimum Gasteiger partial charge on any atom is -0.373 e. The lowest BCUT2D eigenvalue weighted by Crippen LogP contribution is -2.13. The van der Waals surface area contributed by atoms with Gasteiger partial charge in [0.25, 0.3) is 0 Å². The lowest BCUT2D eigenvalue weighted by molar-refractivity contribution is 0.0953. The molecule has 0 radical (unpaired) electrons. The van der Waals surface area contributed by atoms with Gasteiger partial charge in [-0.1, -0.05) is 30.4 Å². The van der Waals surface area contributed by atoms with Crippen LogP contribution in [0.2, 0.25) is 0 Å². The summed E-state index contributed by atoms with van der Waals surface area (Å²) in [5.74, 6) is 0.621. The van der Waals surface area contributed by atoms with Crippen LogP contribution in [-0.2, 0) is 4.74 Å². The fourth-order valence-corrected chi connectivity index (χ4v) is 2.88. The lowest BCUT2D eigenvalue weighted by Gasteiger charge is -2.22. The van der Waals surface area contributed by atoms with Crippen LogP contribution >= 0.6 is 0 Å². The molecule has 0 bridgehead atoms. The van der Waals surface area contributed by atoms with Crippen LogP contribution < -0.4 is 0 Å². The Morgan fingerprint density at radius 3 is 3.27 bits per heavy atom. The van der Waals surface area contributed by atoms with Crippen LogP contribution in [0.1, 0.15) is 19.8 Å². The van der Waals surface area contributed by atoms with Crippen LogP contribution in [0.4, 0.5) is 0 Å². The first-order valence-corrected chi connectivity index (χ1v) is 5.80. The Balaban J connectivity index is 2.02. The van der Waals surface area contributed by atoms with Crippen molar-refractivity contribution < 1.29 is 4.74 Å². The van der Waals surface area contributed by atoms with Gasteiger partial charge >= 0.3 is 0 Å². The molecule has 0 saturated carbocycles. The first-order chi connectivity index (χ1) is 7.40. The van der Waals surface area contributed by atoms with Crippen LogP contribution in [0.15, 0.2) is 47.1 Å². The van der Waals surface area contributed by atoms with E-state index < -0.39 is 0 Å². The van der Waals surface area contributed by atoms with Crippen LogP contribution in [0.3, 0.4) is 0 Å². The molecule has 15 heavy (non-hydrogen) atoms. The van der Waals surface area contributed by atoms with Gasteiger partial charge in [0.2, 0.25) is 0 Å². The van der Waals surface area contributed by atoms with E-state index in [4.69, 9.17) is 4.74 Å². The molecule has 1 heteroatoms. The van der Waals surface area contributed by atoms with Gasteiger partial charge in [0.15, 0.2) is 0 Å². The van der Waals surface area contributed by atoms with Crippen molar-refractivity contribution in [1.82, 2.24) is 0 Å². The van der Waals surface area contributed by atoms with Gasteiger partial charge in [-0.05, 0) is 30.1 Å². The van der Waals surface area contributed by atoms with Gasteiger partial charge in [0, 0.05) is 18.9 Å². The average molecular weight is 200 g/mol. The topological polar surface area (TPSA) is 9.23 Å². The molecule has 0 aromatic carbocycles. The predicted octanol–water partition coefficient (Wildman–Crippen LogP) is 3.16. The minimum atomic E-state index is 0.315. The van der Waals surface area contributed by atoms with Crippen molar-refractivity contribution in [2.45, 2.75) is 25.9 Å². The van der Waals surface area contributed by atoms with Crippen molar-refractivity contribution in [1.29, 1.82) is 0 Å². The molecular formula is C14H16O. The molecule has 0 N–H and O–H groups in total. The predicted molar refractivity (Wildman–Crippen MR) is 61.5 cm³/mol. The summed E-state index contributed by atoms with van der Waals surface area (Å²) in [7, 11) is 0. The van der Waals surface area contributed by atoms with E-state index >= 15 is 0 Å². The summed E-state index contributed by atoms with van der Waals surface area (Å²) >= 11 is 0. The largest absolute Gasteiger partial charge is 0.373 e. The van der Waals surface area contributed by atoms with E-state index in [0.717, 1.165) is 19.4 Å². The lowest BCUT2D eigenvalue weighted by atomic mass is 9.83. The summed E-state index contributed by atoms with van der Waals surface area (Å²) in [5.41, 5.74) is 4.49. The summed E-state index contributed by atoms with van der Waals surface area (Å²) in [5, 5.41) is 0. The molecule has 0 heterocycles. The Bertz CT molecular complexity index is 396.